The first-order valence-electron chi connectivity index (χ1n) is 9.84. The van der Waals surface area contributed by atoms with Crippen molar-refractivity contribution in [3.05, 3.63) is 36.0 Å². The number of hydrogen-bond acceptors (Lipinski definition) is 7. The van der Waals surface area contributed by atoms with E-state index in [1.165, 1.54) is 0 Å². The Morgan fingerprint density at radius 2 is 2.07 bits per heavy atom. The van der Waals surface area contributed by atoms with Gasteiger partial charge in [-0.1, -0.05) is 0 Å². The molecule has 150 valence electrons. The molecular weight excluding hydrogens is 356 g/mol. The van der Waals surface area contributed by atoms with E-state index in [2.05, 4.69) is 25.7 Å². The molecule has 0 spiro atoms. The quantitative estimate of drug-likeness (QED) is 0.690. The van der Waals surface area contributed by atoms with Gasteiger partial charge in [0.25, 0.3) is 0 Å². The molecule has 2 aliphatic rings. The Bertz CT molecular complexity index is 782. The molecule has 3 N–H and O–H groups in total. The third kappa shape index (κ3) is 4.35. The lowest BCUT2D eigenvalue weighted by atomic mass is 10.0. The van der Waals surface area contributed by atoms with E-state index in [9.17, 15) is 0 Å². The van der Waals surface area contributed by atoms with Crippen LogP contribution in [0.4, 0.5) is 0 Å². The monoisotopic (exact) mass is 384 g/mol. The molecule has 1 saturated heterocycles. The zero-order chi connectivity index (χ0) is 19.2. The molecular formula is C20H28N6O2. The number of nitrogens with zero attached hydrogens (tertiary/aromatic N) is 3. The highest BCUT2D eigenvalue weighted by atomic mass is 16.5. The average molecular weight is 384 g/mol. The van der Waals surface area contributed by atoms with Crippen LogP contribution in [0.5, 0.6) is 5.75 Å². The number of nitrogens with one attached hydrogen (secondary N) is 3. The van der Waals surface area contributed by atoms with Gasteiger partial charge >= 0.3 is 0 Å². The largest absolute Gasteiger partial charge is 0.497 e. The summed E-state index contributed by atoms with van der Waals surface area (Å²) in [6.07, 6.45) is 1.89. The van der Waals surface area contributed by atoms with Crippen molar-refractivity contribution >= 4 is 5.84 Å². The van der Waals surface area contributed by atoms with Crippen LogP contribution in [0.2, 0.25) is 0 Å². The van der Waals surface area contributed by atoms with Crippen molar-refractivity contribution in [2.45, 2.75) is 6.04 Å². The highest BCUT2D eigenvalue weighted by molar-refractivity contribution is 5.90. The van der Waals surface area contributed by atoms with Crippen LogP contribution in [0.3, 0.4) is 0 Å². The third-order valence-electron chi connectivity index (χ3n) is 5.21. The van der Waals surface area contributed by atoms with Crippen LogP contribution in [0, 0.1) is 0 Å². The molecule has 1 fully saturated rings. The third-order valence-corrected chi connectivity index (χ3v) is 5.21. The number of amidine groups is 1. The standard InChI is InChI=1S/C20H28N6O2/c1-27-16-4-2-15(3-5-16)18-17(14-24-25-18)19-20(22-7-6-21-19)23-8-9-26-10-12-28-13-11-26/h2-5,14,19,21H,6-13H2,1H3,(H,22,23)(H,24,25). The zero-order valence-electron chi connectivity index (χ0n) is 16.3. The van der Waals surface area contributed by atoms with Gasteiger partial charge in [-0.05, 0) is 24.3 Å². The molecule has 0 amide bonds. The van der Waals surface area contributed by atoms with Gasteiger partial charge in [0.15, 0.2) is 0 Å². The molecule has 1 aromatic heterocycles. The predicted molar refractivity (Wildman–Crippen MR) is 109 cm³/mol. The van der Waals surface area contributed by atoms with Gasteiger partial charge in [-0.2, -0.15) is 5.10 Å². The molecule has 2 aromatic rings. The second-order valence-electron chi connectivity index (χ2n) is 6.96. The number of aromatic amines is 1. The number of morpholine rings is 1. The maximum atomic E-state index is 5.42. The number of H-pyrrole nitrogens is 1. The average Bonchev–Trinajstić information content (AvgIpc) is 3.25. The van der Waals surface area contributed by atoms with Gasteiger partial charge in [-0.3, -0.25) is 15.0 Å². The number of aliphatic imine (C=N–C) groups is 1. The SMILES string of the molecule is COc1ccc(-c2[nH]ncc2C2NCCN=C2NCCN2CCOCC2)cc1. The van der Waals surface area contributed by atoms with E-state index in [1.807, 2.05) is 30.5 Å². The second-order valence-corrected chi connectivity index (χ2v) is 6.96. The Morgan fingerprint density at radius 3 is 2.86 bits per heavy atom. The van der Waals surface area contributed by atoms with Crippen LogP contribution in [0.15, 0.2) is 35.5 Å². The summed E-state index contributed by atoms with van der Waals surface area (Å²) in [5.74, 6) is 1.82. The number of methoxy groups -OCH3 is 1. The molecule has 1 unspecified atom stereocenters. The summed E-state index contributed by atoms with van der Waals surface area (Å²) in [5, 5.41) is 14.6. The Morgan fingerprint density at radius 1 is 1.25 bits per heavy atom. The normalized spacial score (nSPS) is 20.6. The summed E-state index contributed by atoms with van der Waals surface area (Å²) in [7, 11) is 1.67. The fourth-order valence-electron chi connectivity index (χ4n) is 3.66. The summed E-state index contributed by atoms with van der Waals surface area (Å²) in [4.78, 5) is 7.17. The van der Waals surface area contributed by atoms with E-state index in [4.69, 9.17) is 14.5 Å². The highest BCUT2D eigenvalue weighted by Gasteiger charge is 2.25. The van der Waals surface area contributed by atoms with E-state index >= 15 is 0 Å². The number of hydrogen-bond donors (Lipinski definition) is 3. The molecule has 4 rings (SSSR count). The molecule has 28 heavy (non-hydrogen) atoms. The van der Waals surface area contributed by atoms with Gasteiger partial charge in [0, 0.05) is 43.9 Å². The summed E-state index contributed by atoms with van der Waals surface area (Å²) in [6, 6.07) is 8.02. The van der Waals surface area contributed by atoms with Crippen LogP contribution >= 0.6 is 0 Å². The maximum absolute atomic E-state index is 5.42. The van der Waals surface area contributed by atoms with E-state index in [0.29, 0.717) is 0 Å². The van der Waals surface area contributed by atoms with E-state index in [-0.39, 0.29) is 6.04 Å². The Kier molecular flexibility index (Phi) is 6.20. The van der Waals surface area contributed by atoms with Crippen molar-refractivity contribution in [3.63, 3.8) is 0 Å². The van der Waals surface area contributed by atoms with Crippen LogP contribution in [-0.4, -0.2) is 80.5 Å². The topological polar surface area (TPSA) is 86.8 Å². The van der Waals surface area contributed by atoms with Crippen molar-refractivity contribution in [2.24, 2.45) is 4.99 Å². The Hall–Kier alpha value is -2.42. The molecule has 8 heteroatoms. The molecule has 0 aliphatic carbocycles. The van der Waals surface area contributed by atoms with Crippen molar-refractivity contribution in [1.82, 2.24) is 25.7 Å². The summed E-state index contributed by atoms with van der Waals surface area (Å²) in [5.41, 5.74) is 3.18. The number of benzene rings is 1. The van der Waals surface area contributed by atoms with Gasteiger partial charge in [0.05, 0.1) is 44.8 Å². The molecule has 8 nitrogen and oxygen atoms in total. The summed E-state index contributed by atoms with van der Waals surface area (Å²) >= 11 is 0. The van der Waals surface area contributed by atoms with Gasteiger partial charge in [0.1, 0.15) is 11.6 Å². The van der Waals surface area contributed by atoms with Crippen LogP contribution in [-0.2, 0) is 4.74 Å². The van der Waals surface area contributed by atoms with Crippen molar-refractivity contribution in [1.29, 1.82) is 0 Å². The molecule has 1 aromatic carbocycles. The maximum Gasteiger partial charge on any atom is 0.118 e. The lowest BCUT2D eigenvalue weighted by Crippen LogP contribution is -2.46. The van der Waals surface area contributed by atoms with Crippen LogP contribution in [0.1, 0.15) is 11.6 Å². The van der Waals surface area contributed by atoms with Crippen LogP contribution in [0.25, 0.3) is 11.3 Å². The van der Waals surface area contributed by atoms with Gasteiger partial charge in [-0.15, -0.1) is 0 Å². The molecule has 1 atom stereocenters. The minimum Gasteiger partial charge on any atom is -0.497 e. The molecule has 2 aliphatic heterocycles. The van der Waals surface area contributed by atoms with Crippen LogP contribution < -0.4 is 15.4 Å². The predicted octanol–water partition coefficient (Wildman–Crippen LogP) is 1.05. The fraction of sp³-hybridized carbons (Fsp3) is 0.500. The number of ether oxygens (including phenoxy) is 2. The fourth-order valence-corrected chi connectivity index (χ4v) is 3.66. The molecule has 3 heterocycles. The van der Waals surface area contributed by atoms with Crippen molar-refractivity contribution < 1.29 is 9.47 Å². The minimum atomic E-state index is 0.00860. The first-order chi connectivity index (χ1) is 13.8. The van der Waals surface area contributed by atoms with Crippen molar-refractivity contribution in [3.8, 4) is 17.0 Å². The smallest absolute Gasteiger partial charge is 0.118 e. The Balaban J connectivity index is 1.45. The summed E-state index contributed by atoms with van der Waals surface area (Å²) in [6.45, 7) is 7.15. The second kappa shape index (κ2) is 9.18. The minimum absolute atomic E-state index is 0.00860. The molecule has 0 bridgehead atoms. The van der Waals surface area contributed by atoms with E-state index in [1.54, 1.807) is 7.11 Å². The van der Waals surface area contributed by atoms with Gasteiger partial charge in [0.2, 0.25) is 0 Å². The van der Waals surface area contributed by atoms with Crippen molar-refractivity contribution in [2.75, 3.05) is 59.6 Å². The van der Waals surface area contributed by atoms with Gasteiger partial charge in [-0.25, -0.2) is 0 Å². The molecule has 0 saturated carbocycles. The zero-order valence-corrected chi connectivity index (χ0v) is 16.3. The molecule has 0 radical (unpaired) electrons. The highest BCUT2D eigenvalue weighted by Crippen LogP contribution is 2.28. The lowest BCUT2D eigenvalue weighted by molar-refractivity contribution is 0.0389. The van der Waals surface area contributed by atoms with E-state index < -0.39 is 0 Å². The lowest BCUT2D eigenvalue weighted by Gasteiger charge is -2.29. The first kappa shape index (κ1) is 18.9. The van der Waals surface area contributed by atoms with Gasteiger partial charge < -0.3 is 20.1 Å². The summed E-state index contributed by atoms with van der Waals surface area (Å²) < 4.78 is 10.7. The Labute approximate surface area is 165 Å². The number of rotatable bonds is 6. The van der Waals surface area contributed by atoms with E-state index in [0.717, 1.165) is 80.9 Å². The number of aromatic nitrogens is 2. The first-order valence-corrected chi connectivity index (χ1v) is 9.84.